The van der Waals surface area contributed by atoms with Crippen LogP contribution in [0.2, 0.25) is 0 Å². The molecule has 0 unspecified atom stereocenters. The second-order valence-corrected chi connectivity index (χ2v) is 15.9. The number of nitrogens with zero attached hydrogens (tertiary/aromatic N) is 6. The Morgan fingerprint density at radius 1 is 1.00 bits per heavy atom. The van der Waals surface area contributed by atoms with Gasteiger partial charge in [0.25, 0.3) is 0 Å². The standard InChI is InChI=1S/C42H46N8O4/c1-26-21-29(11-13-31(26)27(2)45-37(51)38-47-39(48-54-38)41(3,4)5)35-34-32-14-12-30(22-33(32)46-36(34)44-25-43-35)49-18-15-42(16-19-49)17-20-50(24-42)40(52)53-23-28-9-7-6-8-10-28/h6-14,21-22,25,27H,15-20,23-24H2,1-5H3,(H,45,51)(H,43,44,46)/t27-/m1/s1. The molecule has 12 nitrogen and oxygen atoms in total. The molecule has 1 spiro atoms. The molecule has 0 aliphatic carbocycles. The van der Waals surface area contributed by atoms with Crippen LogP contribution in [-0.4, -0.2) is 68.2 Å². The normalized spacial score (nSPS) is 16.3. The Kier molecular flexibility index (Phi) is 9.07. The molecule has 0 radical (unpaired) electrons. The van der Waals surface area contributed by atoms with Gasteiger partial charge < -0.3 is 29.4 Å². The molecular formula is C42H46N8O4. The number of piperidine rings is 1. The molecule has 2 fully saturated rings. The number of rotatable bonds is 7. The Bertz CT molecular complexity index is 2340. The predicted octanol–water partition coefficient (Wildman–Crippen LogP) is 7.89. The predicted molar refractivity (Wildman–Crippen MR) is 207 cm³/mol. The molecule has 278 valence electrons. The van der Waals surface area contributed by atoms with Crippen LogP contribution in [0.15, 0.2) is 77.6 Å². The Morgan fingerprint density at radius 3 is 2.52 bits per heavy atom. The molecule has 2 saturated heterocycles. The highest BCUT2D eigenvalue weighted by molar-refractivity contribution is 6.12. The van der Waals surface area contributed by atoms with E-state index < -0.39 is 5.91 Å². The largest absolute Gasteiger partial charge is 0.445 e. The number of fused-ring (bicyclic) bond motifs is 3. The topological polar surface area (TPSA) is 142 Å². The van der Waals surface area contributed by atoms with Gasteiger partial charge in [-0.1, -0.05) is 74.5 Å². The van der Waals surface area contributed by atoms with Crippen molar-refractivity contribution in [1.29, 1.82) is 0 Å². The molecule has 1 atom stereocenters. The summed E-state index contributed by atoms with van der Waals surface area (Å²) in [6.07, 6.45) is 4.45. The van der Waals surface area contributed by atoms with Crippen LogP contribution in [0.1, 0.15) is 86.2 Å². The van der Waals surface area contributed by atoms with Crippen LogP contribution < -0.4 is 10.2 Å². The van der Waals surface area contributed by atoms with Gasteiger partial charge in [0.05, 0.1) is 17.1 Å². The first-order valence-corrected chi connectivity index (χ1v) is 18.7. The number of aromatic amines is 1. The SMILES string of the molecule is Cc1cc(-c2ncnc3[nH]c4cc(N5CCC6(CCN(C(=O)OCc7ccccc7)C6)CC5)ccc4c23)ccc1[C@@H](C)NC(=O)c1nc(C(C)(C)C)no1. The van der Waals surface area contributed by atoms with Crippen LogP contribution in [0.25, 0.3) is 33.2 Å². The van der Waals surface area contributed by atoms with Crippen molar-refractivity contribution in [1.82, 2.24) is 35.3 Å². The number of likely N-dealkylation sites (tertiary alicyclic amines) is 1. The first-order valence-electron chi connectivity index (χ1n) is 18.7. The maximum Gasteiger partial charge on any atom is 0.410 e. The van der Waals surface area contributed by atoms with E-state index in [2.05, 4.69) is 54.6 Å². The summed E-state index contributed by atoms with van der Waals surface area (Å²) < 4.78 is 10.9. The molecule has 3 aromatic carbocycles. The van der Waals surface area contributed by atoms with E-state index >= 15 is 0 Å². The summed E-state index contributed by atoms with van der Waals surface area (Å²) in [5.74, 6) is 0.0356. The van der Waals surface area contributed by atoms with Crippen LogP contribution in [0.5, 0.6) is 0 Å². The van der Waals surface area contributed by atoms with Crippen molar-refractivity contribution in [2.75, 3.05) is 31.1 Å². The number of amides is 2. The van der Waals surface area contributed by atoms with Crippen LogP contribution in [-0.2, 0) is 16.8 Å². The maximum atomic E-state index is 12.9. The zero-order valence-electron chi connectivity index (χ0n) is 31.5. The lowest BCUT2D eigenvalue weighted by Gasteiger charge is -2.40. The molecule has 54 heavy (non-hydrogen) atoms. The van der Waals surface area contributed by atoms with Gasteiger partial charge in [0.15, 0.2) is 5.82 Å². The van der Waals surface area contributed by atoms with Crippen molar-refractivity contribution in [3.05, 3.63) is 101 Å². The van der Waals surface area contributed by atoms with Crippen LogP contribution in [0.3, 0.4) is 0 Å². The number of aromatic nitrogens is 5. The molecule has 2 aliphatic rings. The maximum absolute atomic E-state index is 12.9. The molecule has 5 heterocycles. The molecule has 0 saturated carbocycles. The Balaban J connectivity index is 0.940. The number of hydrogen-bond acceptors (Lipinski definition) is 9. The fourth-order valence-corrected chi connectivity index (χ4v) is 7.95. The zero-order valence-corrected chi connectivity index (χ0v) is 31.5. The summed E-state index contributed by atoms with van der Waals surface area (Å²) in [5.41, 5.74) is 7.60. The van der Waals surface area contributed by atoms with Gasteiger partial charge in [0.2, 0.25) is 0 Å². The van der Waals surface area contributed by atoms with E-state index in [0.717, 1.165) is 95.3 Å². The quantitative estimate of drug-likeness (QED) is 0.168. The molecule has 2 aliphatic heterocycles. The van der Waals surface area contributed by atoms with Gasteiger partial charge in [-0.25, -0.2) is 14.8 Å². The van der Waals surface area contributed by atoms with Crippen LogP contribution in [0.4, 0.5) is 10.5 Å². The highest BCUT2D eigenvalue weighted by Crippen LogP contribution is 2.42. The summed E-state index contributed by atoms with van der Waals surface area (Å²) in [4.78, 5) is 47.3. The van der Waals surface area contributed by atoms with E-state index in [0.29, 0.717) is 12.4 Å². The average Bonchev–Trinajstić information content (AvgIpc) is 3.92. The summed E-state index contributed by atoms with van der Waals surface area (Å²) in [5, 5.41) is 9.01. The van der Waals surface area contributed by atoms with Crippen molar-refractivity contribution in [2.24, 2.45) is 5.41 Å². The number of H-pyrrole nitrogens is 1. The van der Waals surface area contributed by atoms with Crippen LogP contribution >= 0.6 is 0 Å². The van der Waals surface area contributed by atoms with Gasteiger partial charge in [-0.2, -0.15) is 4.98 Å². The van der Waals surface area contributed by atoms with Crippen molar-refractivity contribution in [2.45, 2.75) is 71.9 Å². The van der Waals surface area contributed by atoms with Gasteiger partial charge in [-0.15, -0.1) is 0 Å². The third-order valence-corrected chi connectivity index (χ3v) is 11.1. The third-order valence-electron chi connectivity index (χ3n) is 11.1. The Morgan fingerprint density at radius 2 is 1.78 bits per heavy atom. The number of nitrogens with one attached hydrogen (secondary N) is 2. The molecule has 3 aromatic heterocycles. The van der Waals surface area contributed by atoms with Gasteiger partial charge >= 0.3 is 17.9 Å². The van der Waals surface area contributed by atoms with Crippen molar-refractivity contribution < 1.29 is 18.8 Å². The molecule has 8 rings (SSSR count). The van der Waals surface area contributed by atoms with E-state index in [9.17, 15) is 9.59 Å². The van der Waals surface area contributed by atoms with Gasteiger partial charge in [0, 0.05) is 53.7 Å². The number of carbonyl (C=O) groups excluding carboxylic acids is 2. The van der Waals surface area contributed by atoms with E-state index in [1.165, 1.54) is 5.69 Å². The van der Waals surface area contributed by atoms with Gasteiger partial charge in [-0.3, -0.25) is 4.79 Å². The van der Waals surface area contributed by atoms with Gasteiger partial charge in [0.1, 0.15) is 18.6 Å². The lowest BCUT2D eigenvalue weighted by molar-refractivity contribution is 0.0895. The third kappa shape index (κ3) is 6.88. The van der Waals surface area contributed by atoms with Crippen molar-refractivity contribution >= 4 is 39.6 Å². The van der Waals surface area contributed by atoms with Crippen molar-refractivity contribution in [3.63, 3.8) is 0 Å². The second kappa shape index (κ2) is 13.9. The molecule has 2 amide bonds. The fraction of sp³-hybridized carbons (Fsp3) is 0.381. The Labute approximate surface area is 314 Å². The van der Waals surface area contributed by atoms with Crippen LogP contribution in [0, 0.1) is 12.3 Å². The fourth-order valence-electron chi connectivity index (χ4n) is 7.95. The molecular weight excluding hydrogens is 681 g/mol. The second-order valence-electron chi connectivity index (χ2n) is 15.9. The number of aryl methyl sites for hydroxylation is 1. The number of hydrogen-bond donors (Lipinski definition) is 2. The van der Waals surface area contributed by atoms with E-state index in [4.69, 9.17) is 14.2 Å². The zero-order chi connectivity index (χ0) is 37.6. The number of benzene rings is 3. The molecule has 0 bridgehead atoms. The average molecular weight is 727 g/mol. The summed E-state index contributed by atoms with van der Waals surface area (Å²) >= 11 is 0. The van der Waals surface area contributed by atoms with Crippen molar-refractivity contribution in [3.8, 4) is 11.3 Å². The van der Waals surface area contributed by atoms with E-state index in [1.807, 2.05) is 82.0 Å². The summed E-state index contributed by atoms with van der Waals surface area (Å²) in [6, 6.07) is 22.3. The number of anilines is 1. The van der Waals surface area contributed by atoms with Gasteiger partial charge in [-0.05, 0) is 73.4 Å². The highest BCUT2D eigenvalue weighted by Gasteiger charge is 2.42. The Hall–Kier alpha value is -5.78. The highest BCUT2D eigenvalue weighted by atomic mass is 16.6. The summed E-state index contributed by atoms with van der Waals surface area (Å²) in [6.45, 7) is 13.5. The number of ether oxygens (including phenoxy) is 1. The number of carbonyl (C=O) groups is 2. The minimum atomic E-state index is -0.407. The smallest absolute Gasteiger partial charge is 0.410 e. The molecule has 6 aromatic rings. The first kappa shape index (κ1) is 35.3. The minimum Gasteiger partial charge on any atom is -0.445 e. The molecule has 12 heteroatoms. The lowest BCUT2D eigenvalue weighted by Crippen LogP contribution is -2.42. The lowest BCUT2D eigenvalue weighted by atomic mass is 9.77. The molecule has 2 N–H and O–H groups in total. The summed E-state index contributed by atoms with van der Waals surface area (Å²) in [7, 11) is 0. The minimum absolute atomic E-state index is 0.0461. The monoisotopic (exact) mass is 726 g/mol. The van der Waals surface area contributed by atoms with E-state index in [1.54, 1.807) is 6.33 Å². The van der Waals surface area contributed by atoms with E-state index in [-0.39, 0.29) is 28.9 Å². The first-order chi connectivity index (χ1) is 26.0.